The monoisotopic (exact) mass is 358 g/mol. The van der Waals surface area contributed by atoms with E-state index >= 15 is 0 Å². The van der Waals surface area contributed by atoms with Gasteiger partial charge in [-0.3, -0.25) is 0 Å². The summed E-state index contributed by atoms with van der Waals surface area (Å²) in [5.74, 6) is -0.607. The van der Waals surface area contributed by atoms with E-state index in [-0.39, 0.29) is 51.5 Å². The van der Waals surface area contributed by atoms with Crippen molar-refractivity contribution in [3.8, 4) is 5.75 Å². The summed E-state index contributed by atoms with van der Waals surface area (Å²) in [5.41, 5.74) is 5.29. The van der Waals surface area contributed by atoms with Gasteiger partial charge in [-0.1, -0.05) is 0 Å². The van der Waals surface area contributed by atoms with Crippen LogP contribution in [0.5, 0.6) is 5.75 Å². The van der Waals surface area contributed by atoms with Crippen molar-refractivity contribution in [1.29, 1.82) is 0 Å². The van der Waals surface area contributed by atoms with Gasteiger partial charge < -0.3 is 25.4 Å². The van der Waals surface area contributed by atoms with Crippen molar-refractivity contribution in [1.82, 2.24) is 0 Å². The minimum Gasteiger partial charge on any atom is -0.744 e. The SMILES string of the molecule is Nc1cc(S(=O)(=O)[O-])cc2cc(S(=O)(=O)[O-])cc(O)c12.O.[Na+]. The van der Waals surface area contributed by atoms with Crippen molar-refractivity contribution in [3.05, 3.63) is 24.3 Å². The van der Waals surface area contributed by atoms with E-state index in [0.29, 0.717) is 6.07 Å². The Hall–Kier alpha value is -0.920. The van der Waals surface area contributed by atoms with Gasteiger partial charge in [-0.25, -0.2) is 16.8 Å². The molecule has 2 aromatic rings. The van der Waals surface area contributed by atoms with Crippen molar-refractivity contribution in [3.63, 3.8) is 0 Å². The number of benzene rings is 2. The van der Waals surface area contributed by atoms with Crippen molar-refractivity contribution in [2.75, 3.05) is 5.73 Å². The Bertz CT molecular complexity index is 851. The number of nitrogens with two attached hydrogens (primary N) is 1. The first kappa shape index (κ1) is 21.1. The number of fused-ring (bicyclic) bond motifs is 1. The van der Waals surface area contributed by atoms with Crippen LogP contribution in [0.4, 0.5) is 5.69 Å². The van der Waals surface area contributed by atoms with Crippen LogP contribution in [0.2, 0.25) is 0 Å². The van der Waals surface area contributed by atoms with Gasteiger partial charge >= 0.3 is 29.6 Å². The molecule has 22 heavy (non-hydrogen) atoms. The van der Waals surface area contributed by atoms with Gasteiger partial charge in [-0.2, -0.15) is 0 Å². The maximum atomic E-state index is 10.9. The van der Waals surface area contributed by atoms with Crippen LogP contribution in [-0.2, 0) is 20.2 Å². The van der Waals surface area contributed by atoms with Crippen LogP contribution in [0.15, 0.2) is 34.1 Å². The summed E-state index contributed by atoms with van der Waals surface area (Å²) in [5, 5.41) is 9.48. The Morgan fingerprint density at radius 2 is 1.32 bits per heavy atom. The Kier molecular flexibility index (Phi) is 6.40. The number of aromatic hydroxyl groups is 1. The molecule has 0 saturated heterocycles. The van der Waals surface area contributed by atoms with E-state index < -0.39 is 35.8 Å². The second-order valence-electron chi connectivity index (χ2n) is 3.96. The molecule has 0 amide bonds. The van der Waals surface area contributed by atoms with E-state index in [0.717, 1.165) is 18.2 Å². The largest absolute Gasteiger partial charge is 1.00 e. The molecule has 0 radical (unpaired) electrons. The molecule has 0 aliphatic rings. The first-order valence-corrected chi connectivity index (χ1v) is 7.80. The van der Waals surface area contributed by atoms with Gasteiger partial charge in [0.2, 0.25) is 0 Å². The van der Waals surface area contributed by atoms with Gasteiger partial charge in [0, 0.05) is 11.1 Å². The van der Waals surface area contributed by atoms with Gasteiger partial charge in [0.05, 0.1) is 9.79 Å². The average molecular weight is 358 g/mol. The fraction of sp³-hybridized carbons (Fsp3) is 0. The molecule has 116 valence electrons. The quantitative estimate of drug-likeness (QED) is 0.309. The van der Waals surface area contributed by atoms with Gasteiger partial charge in [-0.15, -0.1) is 0 Å². The standard InChI is InChI=1S/C10H9NO7S2.Na.H2O/c11-8-3-6(19(13,14)15)1-5-2-7(20(16,17)18)4-9(12)10(5)8;;/h1-4,12H,11H2,(H,13,14,15)(H,16,17,18);;1H2/q;+1;/p-2. The Labute approximate surface area is 147 Å². The zero-order valence-electron chi connectivity index (χ0n) is 11.1. The summed E-state index contributed by atoms with van der Waals surface area (Å²) in [6, 6.07) is 3.22. The molecular weight excluding hydrogens is 349 g/mol. The fourth-order valence-corrected chi connectivity index (χ4v) is 2.83. The maximum absolute atomic E-state index is 10.9. The summed E-state index contributed by atoms with van der Waals surface area (Å²) in [6.45, 7) is 0. The number of phenolic OH excluding ortho intramolecular Hbond substituents is 1. The molecule has 0 unspecified atom stereocenters. The van der Waals surface area contributed by atoms with Gasteiger partial charge in [0.1, 0.15) is 26.0 Å². The molecule has 2 rings (SSSR count). The molecule has 2 aromatic carbocycles. The van der Waals surface area contributed by atoms with Crippen LogP contribution in [0.1, 0.15) is 0 Å². The van der Waals surface area contributed by atoms with Crippen LogP contribution >= 0.6 is 0 Å². The third-order valence-electron chi connectivity index (χ3n) is 2.58. The second-order valence-corrected chi connectivity index (χ2v) is 6.72. The first-order chi connectivity index (χ1) is 9.00. The molecule has 0 fully saturated rings. The predicted octanol–water partition coefficient (Wildman–Crippen LogP) is -3.88. The van der Waals surface area contributed by atoms with Crippen molar-refractivity contribution >= 4 is 36.7 Å². The minimum absolute atomic E-state index is 0. The normalized spacial score (nSPS) is 11.5. The Balaban J connectivity index is 0.00000220. The van der Waals surface area contributed by atoms with Gasteiger partial charge in [-0.05, 0) is 29.7 Å². The zero-order chi connectivity index (χ0) is 15.3. The number of anilines is 1. The molecule has 5 N–H and O–H groups in total. The van der Waals surface area contributed by atoms with E-state index in [1.54, 1.807) is 0 Å². The maximum Gasteiger partial charge on any atom is 1.00 e. The summed E-state index contributed by atoms with van der Waals surface area (Å²) in [4.78, 5) is -1.45. The molecule has 0 spiro atoms. The number of rotatable bonds is 2. The van der Waals surface area contributed by atoms with Crippen molar-refractivity contribution < 1.29 is 66.1 Å². The molecule has 0 heterocycles. The zero-order valence-corrected chi connectivity index (χ0v) is 14.7. The number of nitrogen functional groups attached to an aromatic ring is 1. The van der Waals surface area contributed by atoms with E-state index in [1.807, 2.05) is 0 Å². The Morgan fingerprint density at radius 1 is 0.909 bits per heavy atom. The molecule has 0 bridgehead atoms. The topological polar surface area (TPSA) is 192 Å². The summed E-state index contributed by atoms with van der Waals surface area (Å²) in [7, 11) is -9.67. The van der Waals surface area contributed by atoms with Crippen LogP contribution in [0, 0.1) is 0 Å². The van der Waals surface area contributed by atoms with Gasteiger partial charge in [0.25, 0.3) is 0 Å². The van der Waals surface area contributed by atoms with E-state index in [2.05, 4.69) is 0 Å². The van der Waals surface area contributed by atoms with E-state index in [9.17, 15) is 31.0 Å². The second kappa shape index (κ2) is 6.68. The van der Waals surface area contributed by atoms with Crippen molar-refractivity contribution in [2.24, 2.45) is 0 Å². The number of phenols is 1. The van der Waals surface area contributed by atoms with Crippen LogP contribution < -0.4 is 35.3 Å². The van der Waals surface area contributed by atoms with E-state index in [1.165, 1.54) is 0 Å². The number of hydrogen-bond donors (Lipinski definition) is 2. The van der Waals surface area contributed by atoms with E-state index in [4.69, 9.17) is 5.73 Å². The molecule has 9 nitrogen and oxygen atoms in total. The third kappa shape index (κ3) is 4.08. The third-order valence-corrected chi connectivity index (χ3v) is 4.21. The number of hydrogen-bond acceptors (Lipinski definition) is 8. The van der Waals surface area contributed by atoms with Gasteiger partial charge in [0.15, 0.2) is 0 Å². The smallest absolute Gasteiger partial charge is 0.744 e. The molecule has 0 aliphatic heterocycles. The van der Waals surface area contributed by atoms with Crippen LogP contribution in [0.3, 0.4) is 0 Å². The van der Waals surface area contributed by atoms with Crippen LogP contribution in [-0.4, -0.2) is 36.5 Å². The molecule has 0 saturated carbocycles. The molecule has 0 aliphatic carbocycles. The molecule has 0 aromatic heterocycles. The summed E-state index contributed by atoms with van der Waals surface area (Å²) >= 11 is 0. The minimum atomic E-state index is -4.86. The van der Waals surface area contributed by atoms with Crippen LogP contribution in [0.25, 0.3) is 10.8 Å². The predicted molar refractivity (Wildman–Crippen MR) is 69.6 cm³/mol. The first-order valence-electron chi connectivity index (χ1n) is 4.98. The summed E-state index contributed by atoms with van der Waals surface area (Å²) < 4.78 is 65.6. The fourth-order valence-electron chi connectivity index (χ4n) is 1.76. The molecule has 12 heteroatoms. The average Bonchev–Trinajstić information content (AvgIpc) is 2.25. The molecular formula is C10H9NNaO8S2-. The summed E-state index contributed by atoms with van der Waals surface area (Å²) in [6.07, 6.45) is 0. The molecule has 0 atom stereocenters. The van der Waals surface area contributed by atoms with Crippen molar-refractivity contribution in [2.45, 2.75) is 9.79 Å². The Morgan fingerprint density at radius 3 is 1.73 bits per heavy atom.